The van der Waals surface area contributed by atoms with Crippen LogP contribution in [0, 0.1) is 0 Å². The van der Waals surface area contributed by atoms with E-state index in [0.29, 0.717) is 13.2 Å². The average Bonchev–Trinajstić information content (AvgIpc) is 3.01. The number of morpholine rings is 1. The smallest absolute Gasteiger partial charge is 0.368 e. The van der Waals surface area contributed by atoms with Crippen molar-refractivity contribution in [3.05, 3.63) is 58.9 Å². The van der Waals surface area contributed by atoms with E-state index in [4.69, 9.17) is 21.2 Å². The fourth-order valence-electron chi connectivity index (χ4n) is 3.41. The Hall–Kier alpha value is -2.90. The zero-order chi connectivity index (χ0) is 19.5. The summed E-state index contributed by atoms with van der Waals surface area (Å²) >= 11 is 5.94. The highest BCUT2D eigenvalue weighted by Crippen LogP contribution is 2.31. The molecule has 4 rings (SSSR count). The molecular formula is C20H19ClN4O3. The third-order valence-electron chi connectivity index (χ3n) is 4.72. The molecule has 7 nitrogen and oxygen atoms in total. The zero-order valence-corrected chi connectivity index (χ0v) is 16.1. The molecule has 1 aliphatic rings. The molecule has 1 aromatic carbocycles. The van der Waals surface area contributed by atoms with Crippen LogP contribution in [0.15, 0.2) is 47.8 Å². The van der Waals surface area contributed by atoms with Gasteiger partial charge in [-0.3, -0.25) is 0 Å². The maximum atomic E-state index is 12.2. The van der Waals surface area contributed by atoms with Gasteiger partial charge < -0.3 is 19.0 Å². The number of halogens is 1. The van der Waals surface area contributed by atoms with Crippen LogP contribution in [0.1, 0.15) is 15.9 Å². The topological polar surface area (TPSA) is 68.9 Å². The average molecular weight is 399 g/mol. The molecule has 0 amide bonds. The van der Waals surface area contributed by atoms with Gasteiger partial charge in [0.15, 0.2) is 0 Å². The number of nitrogens with zero attached hydrogens (tertiary/aromatic N) is 4. The summed E-state index contributed by atoms with van der Waals surface area (Å²) < 4.78 is 7.60. The quantitative estimate of drug-likeness (QED) is 0.292. The first-order valence-electron chi connectivity index (χ1n) is 8.92. The minimum Gasteiger partial charge on any atom is -0.378 e. The molecule has 3 heterocycles. The Morgan fingerprint density at radius 2 is 2.04 bits per heavy atom. The van der Waals surface area contributed by atoms with E-state index in [-0.39, 0.29) is 10.7 Å². The van der Waals surface area contributed by atoms with E-state index in [1.165, 1.54) is 6.20 Å². The summed E-state index contributed by atoms with van der Waals surface area (Å²) in [6.45, 7) is 2.92. The second-order valence-electron chi connectivity index (χ2n) is 6.37. The van der Waals surface area contributed by atoms with Crippen molar-refractivity contribution in [2.24, 2.45) is 12.2 Å². The number of benzene rings is 1. The van der Waals surface area contributed by atoms with Crippen molar-refractivity contribution in [2.75, 3.05) is 31.2 Å². The largest absolute Gasteiger partial charge is 0.378 e. The Labute approximate surface area is 167 Å². The van der Waals surface area contributed by atoms with Crippen LogP contribution in [0.3, 0.4) is 0 Å². The molecule has 3 aromatic rings. The standard InChI is InChI=1S/C20H19ClN4O3/c1-24-17-7-3-2-5-14(17)16(19(24)25-9-11-27-12-10-25)13-23-28-20(26)15-6-4-8-22-18(15)21/h2-8,13H,9-12H2,1H3/b23-13+. The fraction of sp³-hybridized carbons (Fsp3) is 0.250. The third-order valence-corrected chi connectivity index (χ3v) is 5.02. The number of aryl methyl sites for hydroxylation is 1. The second-order valence-corrected chi connectivity index (χ2v) is 6.73. The molecule has 0 bridgehead atoms. The van der Waals surface area contributed by atoms with Gasteiger partial charge in [-0.2, -0.15) is 0 Å². The van der Waals surface area contributed by atoms with E-state index < -0.39 is 5.97 Å². The lowest BCUT2D eigenvalue weighted by Crippen LogP contribution is -2.37. The monoisotopic (exact) mass is 398 g/mol. The highest BCUT2D eigenvalue weighted by atomic mass is 35.5. The van der Waals surface area contributed by atoms with Gasteiger partial charge in [0.1, 0.15) is 11.0 Å². The number of rotatable bonds is 4. The predicted molar refractivity (Wildman–Crippen MR) is 108 cm³/mol. The van der Waals surface area contributed by atoms with Crippen molar-refractivity contribution in [2.45, 2.75) is 0 Å². The number of pyridine rings is 1. The molecule has 0 radical (unpaired) electrons. The number of hydrogen-bond acceptors (Lipinski definition) is 6. The molecule has 1 saturated heterocycles. The van der Waals surface area contributed by atoms with Gasteiger partial charge in [0.25, 0.3) is 0 Å². The summed E-state index contributed by atoms with van der Waals surface area (Å²) in [5.41, 5.74) is 2.14. The summed E-state index contributed by atoms with van der Waals surface area (Å²) in [7, 11) is 2.02. The van der Waals surface area contributed by atoms with Gasteiger partial charge in [-0.25, -0.2) is 9.78 Å². The van der Waals surface area contributed by atoms with Gasteiger partial charge in [0.05, 0.1) is 30.5 Å². The Morgan fingerprint density at radius 1 is 1.25 bits per heavy atom. The number of para-hydroxylation sites is 1. The maximum absolute atomic E-state index is 12.2. The molecule has 2 aromatic heterocycles. The van der Waals surface area contributed by atoms with Gasteiger partial charge in [-0.15, -0.1) is 0 Å². The van der Waals surface area contributed by atoms with E-state index in [2.05, 4.69) is 25.7 Å². The number of aromatic nitrogens is 2. The molecule has 0 aliphatic carbocycles. The van der Waals surface area contributed by atoms with Gasteiger partial charge in [0, 0.05) is 37.3 Å². The van der Waals surface area contributed by atoms with E-state index in [0.717, 1.165) is 35.4 Å². The highest BCUT2D eigenvalue weighted by Gasteiger charge is 2.21. The van der Waals surface area contributed by atoms with Crippen LogP contribution in [0.25, 0.3) is 10.9 Å². The van der Waals surface area contributed by atoms with Crippen molar-refractivity contribution < 1.29 is 14.4 Å². The second kappa shape index (κ2) is 8.00. The van der Waals surface area contributed by atoms with Gasteiger partial charge in [-0.1, -0.05) is 35.0 Å². The molecule has 0 spiro atoms. The minimum absolute atomic E-state index is 0.0851. The Bertz CT molecular complexity index is 1040. The van der Waals surface area contributed by atoms with Crippen LogP contribution >= 0.6 is 11.6 Å². The zero-order valence-electron chi connectivity index (χ0n) is 15.3. The number of fused-ring (bicyclic) bond motifs is 1. The molecule has 1 aliphatic heterocycles. The lowest BCUT2D eigenvalue weighted by Gasteiger charge is -2.29. The molecular weight excluding hydrogens is 380 g/mol. The molecule has 0 N–H and O–H groups in total. The lowest BCUT2D eigenvalue weighted by molar-refractivity contribution is 0.0519. The van der Waals surface area contributed by atoms with Crippen LogP contribution in [0.5, 0.6) is 0 Å². The predicted octanol–water partition coefficient (Wildman–Crippen LogP) is 3.25. The first-order valence-corrected chi connectivity index (χ1v) is 9.30. The van der Waals surface area contributed by atoms with Crippen molar-refractivity contribution in [3.8, 4) is 0 Å². The lowest BCUT2D eigenvalue weighted by atomic mass is 10.1. The normalized spacial score (nSPS) is 14.7. The fourth-order valence-corrected chi connectivity index (χ4v) is 3.60. The highest BCUT2D eigenvalue weighted by molar-refractivity contribution is 6.32. The summed E-state index contributed by atoms with van der Waals surface area (Å²) in [5.74, 6) is 0.367. The van der Waals surface area contributed by atoms with Crippen molar-refractivity contribution >= 4 is 40.5 Å². The van der Waals surface area contributed by atoms with Gasteiger partial charge >= 0.3 is 5.97 Å². The van der Waals surface area contributed by atoms with Crippen LogP contribution in [0.2, 0.25) is 5.15 Å². The number of carbonyl (C=O) groups is 1. The molecule has 0 unspecified atom stereocenters. The van der Waals surface area contributed by atoms with E-state index in [1.54, 1.807) is 18.3 Å². The van der Waals surface area contributed by atoms with Gasteiger partial charge in [0.2, 0.25) is 0 Å². The minimum atomic E-state index is -0.650. The number of ether oxygens (including phenoxy) is 1. The Kier molecular flexibility index (Phi) is 5.27. The Morgan fingerprint density at radius 3 is 2.82 bits per heavy atom. The molecule has 0 saturated carbocycles. The first-order chi connectivity index (χ1) is 13.7. The Balaban J connectivity index is 1.66. The molecule has 1 fully saturated rings. The van der Waals surface area contributed by atoms with Crippen molar-refractivity contribution in [1.29, 1.82) is 0 Å². The van der Waals surface area contributed by atoms with E-state index in [9.17, 15) is 4.79 Å². The van der Waals surface area contributed by atoms with Crippen LogP contribution in [0.4, 0.5) is 5.82 Å². The van der Waals surface area contributed by atoms with E-state index >= 15 is 0 Å². The van der Waals surface area contributed by atoms with Crippen molar-refractivity contribution in [3.63, 3.8) is 0 Å². The molecule has 28 heavy (non-hydrogen) atoms. The summed E-state index contributed by atoms with van der Waals surface area (Å²) in [6, 6.07) is 11.2. The maximum Gasteiger partial charge on any atom is 0.368 e. The van der Waals surface area contributed by atoms with Crippen LogP contribution < -0.4 is 4.90 Å². The molecule has 0 atom stereocenters. The van der Waals surface area contributed by atoms with E-state index in [1.807, 2.05) is 25.2 Å². The first kappa shape index (κ1) is 18.5. The van der Waals surface area contributed by atoms with Crippen LogP contribution in [-0.2, 0) is 16.6 Å². The van der Waals surface area contributed by atoms with Crippen LogP contribution in [-0.4, -0.2) is 48.0 Å². The SMILES string of the molecule is Cn1c(N2CCOCC2)c(/C=N/OC(=O)c2cccnc2Cl)c2ccccc21. The number of oxime groups is 1. The summed E-state index contributed by atoms with van der Waals surface area (Å²) in [5, 5.41) is 5.06. The molecule has 144 valence electrons. The van der Waals surface area contributed by atoms with Gasteiger partial charge in [-0.05, 0) is 18.2 Å². The number of hydrogen-bond donors (Lipinski definition) is 0. The third kappa shape index (κ3) is 3.46. The summed E-state index contributed by atoms with van der Waals surface area (Å²) in [4.78, 5) is 23.4. The summed E-state index contributed by atoms with van der Waals surface area (Å²) in [6.07, 6.45) is 3.09. The number of anilines is 1. The number of carbonyl (C=O) groups excluding carboxylic acids is 1. The molecule has 8 heteroatoms. The van der Waals surface area contributed by atoms with Crippen molar-refractivity contribution in [1.82, 2.24) is 9.55 Å².